The van der Waals surface area contributed by atoms with Gasteiger partial charge in [0.25, 0.3) is 0 Å². The van der Waals surface area contributed by atoms with E-state index in [0.717, 1.165) is 89.5 Å². The molecule has 0 aliphatic heterocycles. The maximum atomic E-state index is 11.4. The van der Waals surface area contributed by atoms with Crippen LogP contribution in [0.1, 0.15) is 12.0 Å². The van der Waals surface area contributed by atoms with Crippen LogP contribution < -0.4 is 14.7 Å². The van der Waals surface area contributed by atoms with Crippen LogP contribution in [0.25, 0.3) is 0 Å². The van der Waals surface area contributed by atoms with Gasteiger partial charge in [-0.25, -0.2) is 0 Å². The van der Waals surface area contributed by atoms with Crippen molar-refractivity contribution in [1.29, 1.82) is 0 Å². The minimum atomic E-state index is -0.320. The Morgan fingerprint density at radius 2 is 2.06 bits per heavy atom. The van der Waals surface area contributed by atoms with Crippen molar-refractivity contribution in [1.82, 2.24) is 5.32 Å². The van der Waals surface area contributed by atoms with Crippen molar-refractivity contribution in [3.05, 3.63) is 17.7 Å². The van der Waals surface area contributed by atoms with Crippen molar-refractivity contribution in [2.45, 2.75) is 13.0 Å². The minimum absolute atomic E-state index is 0.320. The zero-order valence-electron chi connectivity index (χ0n) is 9.98. The summed E-state index contributed by atoms with van der Waals surface area (Å²) in [6, 6.07) is 4.52. The molecule has 0 unspecified atom stereocenters. The zero-order valence-corrected chi connectivity index (χ0v) is 24.3. The number of thiol groups is 1. The molecule has 3 nitrogen and oxygen atoms in total. The molecular formula is C11H12NO2STl3. The average molecular weight is 835 g/mol. The standard InChI is InChI=1S/C11H12NO2S.3Tl/c13-11(12-7-4-8-15)14-9-10-5-2-1-3-6-10;;;/h1,5,15H,4,7-9H2,(H,12,13);;;. The van der Waals surface area contributed by atoms with Crippen LogP contribution in [-0.2, 0) is 11.3 Å². The molecule has 7 heteroatoms. The number of amides is 1. The van der Waals surface area contributed by atoms with Crippen molar-refractivity contribution in [2.75, 3.05) is 12.3 Å². The molecule has 0 saturated heterocycles. The Hall–Kier alpha value is 1.61. The van der Waals surface area contributed by atoms with E-state index in [4.69, 9.17) is 4.74 Å². The van der Waals surface area contributed by atoms with Gasteiger partial charge >= 0.3 is 163 Å². The summed E-state index contributed by atoms with van der Waals surface area (Å²) in [7, 11) is 0. The van der Waals surface area contributed by atoms with Gasteiger partial charge in [0.1, 0.15) is 0 Å². The Balaban J connectivity index is 2.50. The van der Waals surface area contributed by atoms with Gasteiger partial charge in [0.05, 0.1) is 0 Å². The summed E-state index contributed by atoms with van der Waals surface area (Å²) in [6.07, 6.45) is 0.550. The van der Waals surface area contributed by atoms with E-state index >= 15 is 0 Å². The van der Waals surface area contributed by atoms with Crippen LogP contribution in [0.2, 0.25) is 0 Å². The SMILES string of the molecule is O=C(NCCCS)OCc1c[c]([Tl])c[c]([Tl])[c]1[Tl]. The molecule has 0 aromatic heterocycles. The summed E-state index contributed by atoms with van der Waals surface area (Å²) in [5.41, 5.74) is 1.22. The first kappa shape index (κ1) is 17.7. The first-order chi connectivity index (χ1) is 8.54. The van der Waals surface area contributed by atoms with Crippen LogP contribution in [0.4, 0.5) is 4.79 Å². The maximum absolute atomic E-state index is 11.4. The van der Waals surface area contributed by atoms with Gasteiger partial charge in [0.2, 0.25) is 0 Å². The number of rotatable bonds is 5. The van der Waals surface area contributed by atoms with E-state index in [1.54, 1.807) is 0 Å². The topological polar surface area (TPSA) is 38.3 Å². The Labute approximate surface area is 161 Å². The fraction of sp³-hybridized carbons (Fsp3) is 0.364. The predicted octanol–water partition coefficient (Wildman–Crippen LogP) is -1.39. The summed E-state index contributed by atoms with van der Waals surface area (Å²) in [6.45, 7) is 1.05. The molecule has 88 valence electrons. The second-order valence-corrected chi connectivity index (χ2v) is 11.5. The van der Waals surface area contributed by atoms with E-state index in [2.05, 4.69) is 30.1 Å². The first-order valence-corrected chi connectivity index (χ1v) is 12.9. The predicted molar refractivity (Wildman–Crippen MR) is 79.3 cm³/mol. The van der Waals surface area contributed by atoms with Crippen LogP contribution in [0.15, 0.2) is 12.1 Å². The summed E-state index contributed by atoms with van der Waals surface area (Å²) in [4.78, 5) is 11.4. The molecule has 0 atom stereocenters. The van der Waals surface area contributed by atoms with Crippen LogP contribution in [0.3, 0.4) is 0 Å². The van der Waals surface area contributed by atoms with Crippen molar-refractivity contribution in [3.63, 3.8) is 0 Å². The van der Waals surface area contributed by atoms with Crippen molar-refractivity contribution < 1.29 is 9.53 Å². The molecule has 0 aliphatic carbocycles. The molecule has 1 N–H and O–H groups in total. The molecule has 0 bridgehead atoms. The molecule has 1 amide bonds. The van der Waals surface area contributed by atoms with E-state index in [1.807, 2.05) is 0 Å². The Morgan fingerprint density at radius 1 is 1.33 bits per heavy atom. The molecule has 1 rings (SSSR count). The molecule has 0 radical (unpaired) electrons. The molecule has 0 fully saturated rings. The van der Waals surface area contributed by atoms with E-state index in [0.29, 0.717) is 13.2 Å². The van der Waals surface area contributed by atoms with Crippen LogP contribution in [-0.4, -0.2) is 95.7 Å². The van der Waals surface area contributed by atoms with Crippen LogP contribution in [0, 0.1) is 0 Å². The zero-order chi connectivity index (χ0) is 13.5. The molecule has 0 spiro atoms. The van der Waals surface area contributed by atoms with Gasteiger partial charge in [0.15, 0.2) is 0 Å². The quantitative estimate of drug-likeness (QED) is 0.219. The fourth-order valence-electron chi connectivity index (χ4n) is 1.35. The molecule has 0 saturated carbocycles. The number of hydrogen-bond acceptors (Lipinski definition) is 3. The molecular weight excluding hydrogens is 823 g/mol. The van der Waals surface area contributed by atoms with E-state index in [1.165, 1.54) is 14.9 Å². The number of carbonyl (C=O) groups is 1. The molecule has 0 heterocycles. The molecule has 0 aliphatic rings. The Bertz CT molecular complexity index is 429. The number of benzene rings is 1. The number of nitrogens with one attached hydrogen (secondary N) is 1. The van der Waals surface area contributed by atoms with Gasteiger partial charge in [-0.15, -0.1) is 0 Å². The van der Waals surface area contributed by atoms with Gasteiger partial charge in [-0.3, -0.25) is 0 Å². The third kappa shape index (κ3) is 6.37. The third-order valence-corrected chi connectivity index (χ3v) is 13.5. The van der Waals surface area contributed by atoms with Crippen LogP contribution >= 0.6 is 12.6 Å². The molecule has 1 aromatic carbocycles. The second kappa shape index (κ2) is 9.53. The molecule has 1 aromatic rings. The Morgan fingerprint density at radius 3 is 2.72 bits per heavy atom. The normalized spacial score (nSPS) is 9.89. The van der Waals surface area contributed by atoms with Gasteiger partial charge < -0.3 is 0 Å². The van der Waals surface area contributed by atoms with Crippen molar-refractivity contribution in [3.8, 4) is 0 Å². The van der Waals surface area contributed by atoms with Crippen molar-refractivity contribution >= 4 is 105 Å². The summed E-state index contributed by atoms with van der Waals surface area (Å²) < 4.78 is 9.64. The van der Waals surface area contributed by atoms with E-state index < -0.39 is 0 Å². The average Bonchev–Trinajstić information content (AvgIpc) is 2.32. The monoisotopic (exact) mass is 837 g/mol. The first-order valence-electron chi connectivity index (χ1n) is 5.49. The van der Waals surface area contributed by atoms with E-state index in [-0.39, 0.29) is 6.09 Å². The van der Waals surface area contributed by atoms with Gasteiger partial charge in [0, 0.05) is 0 Å². The number of carbonyl (C=O) groups excluding carboxylic acids is 1. The summed E-state index contributed by atoms with van der Waals surface area (Å²) in [5.74, 6) is 0.778. The summed E-state index contributed by atoms with van der Waals surface area (Å²) >= 11 is 6.62. The Kier molecular flexibility index (Phi) is 9.34. The second-order valence-electron chi connectivity index (χ2n) is 3.76. The number of alkyl carbamates (subject to hydrolysis) is 1. The summed E-state index contributed by atoms with van der Waals surface area (Å²) in [5, 5.41) is 2.73. The number of ether oxygens (including phenoxy) is 1. The third-order valence-electron chi connectivity index (χ3n) is 2.28. The van der Waals surface area contributed by atoms with E-state index in [9.17, 15) is 4.79 Å². The van der Waals surface area contributed by atoms with Crippen LogP contribution in [0.5, 0.6) is 0 Å². The number of hydrogen-bond donors (Lipinski definition) is 2. The van der Waals surface area contributed by atoms with Gasteiger partial charge in [-0.2, -0.15) is 0 Å². The fourth-order valence-corrected chi connectivity index (χ4v) is 8.33. The van der Waals surface area contributed by atoms with Gasteiger partial charge in [-0.05, 0) is 0 Å². The van der Waals surface area contributed by atoms with Crippen molar-refractivity contribution in [2.24, 2.45) is 0 Å². The van der Waals surface area contributed by atoms with Gasteiger partial charge in [-0.1, -0.05) is 0 Å². The molecule has 18 heavy (non-hydrogen) atoms.